The van der Waals surface area contributed by atoms with Crippen LogP contribution in [0.4, 0.5) is 4.39 Å². The zero-order valence-corrected chi connectivity index (χ0v) is 17.9. The predicted octanol–water partition coefficient (Wildman–Crippen LogP) is 3.26. The number of carbonyl (C=O) groups is 1. The number of benzene rings is 2. The first kappa shape index (κ1) is 19.8. The van der Waals surface area contributed by atoms with Crippen LogP contribution >= 0.6 is 0 Å². The van der Waals surface area contributed by atoms with E-state index in [0.717, 1.165) is 39.9 Å². The highest BCUT2D eigenvalue weighted by Gasteiger charge is 2.25. The van der Waals surface area contributed by atoms with Crippen molar-refractivity contribution in [1.29, 1.82) is 0 Å². The zero-order valence-electron chi connectivity index (χ0n) is 16.9. The molecule has 1 aliphatic heterocycles. The van der Waals surface area contributed by atoms with Crippen molar-refractivity contribution in [3.8, 4) is 11.3 Å². The van der Waals surface area contributed by atoms with Crippen molar-refractivity contribution in [2.24, 2.45) is 0 Å². The number of hydrogen-bond donors (Lipinski definition) is 4. The summed E-state index contributed by atoms with van der Waals surface area (Å²) in [7, 11) is -0.393. The number of H-pyrrole nitrogens is 1. The number of aromatic nitrogens is 1. The van der Waals surface area contributed by atoms with Crippen molar-refractivity contribution in [1.82, 2.24) is 15.6 Å². The lowest BCUT2D eigenvalue weighted by Gasteiger charge is -2.18. The van der Waals surface area contributed by atoms with Crippen LogP contribution in [0.1, 0.15) is 27.0 Å². The monoisotopic (exact) mass is 411 g/mol. The number of aromatic amines is 1. The molecule has 0 radical (unpaired) electrons. The molecule has 1 aliphatic rings. The number of amides is 1. The highest BCUT2D eigenvalue weighted by atomic mass is 28.4. The van der Waals surface area contributed by atoms with Gasteiger partial charge in [0, 0.05) is 29.7 Å². The Kier molecular flexibility index (Phi) is 5.06. The van der Waals surface area contributed by atoms with E-state index >= 15 is 0 Å². The van der Waals surface area contributed by atoms with Gasteiger partial charge in [-0.15, -0.1) is 0 Å². The van der Waals surface area contributed by atoms with E-state index in [2.05, 4.69) is 33.8 Å². The molecule has 1 aromatic heterocycles. The Bertz CT molecular complexity index is 1100. The van der Waals surface area contributed by atoms with Crippen LogP contribution in [0.3, 0.4) is 0 Å². The summed E-state index contributed by atoms with van der Waals surface area (Å²) in [5.41, 5.74) is 6.24. The minimum Gasteiger partial charge on any atom is -0.432 e. The van der Waals surface area contributed by atoms with Crippen LogP contribution in [0.25, 0.3) is 22.2 Å². The number of nitrogens with one attached hydrogen (secondary N) is 3. The molecule has 4 N–H and O–H groups in total. The molecule has 0 unspecified atom stereocenters. The SMILES string of the molecule is CNCc1ccc(-c2[nH]c3cc(F)cc4c3c2CCNC4=O)cc1C[Si](C)(C)O. The van der Waals surface area contributed by atoms with E-state index in [-0.39, 0.29) is 5.91 Å². The molecule has 2 heterocycles. The maximum Gasteiger partial charge on any atom is 0.252 e. The third-order valence-corrected chi connectivity index (χ3v) is 6.60. The van der Waals surface area contributed by atoms with Gasteiger partial charge in [-0.3, -0.25) is 4.79 Å². The Morgan fingerprint density at radius 3 is 2.72 bits per heavy atom. The average Bonchev–Trinajstić information content (AvgIpc) is 2.90. The molecule has 0 atom stereocenters. The largest absolute Gasteiger partial charge is 0.432 e. The third-order valence-electron chi connectivity index (χ3n) is 5.36. The zero-order chi connectivity index (χ0) is 20.8. The van der Waals surface area contributed by atoms with Crippen LogP contribution in [-0.2, 0) is 19.0 Å². The normalized spacial score (nSPS) is 14.2. The summed E-state index contributed by atoms with van der Waals surface area (Å²) in [6.07, 6.45) is 0.674. The van der Waals surface area contributed by atoms with Crippen molar-refractivity contribution in [2.45, 2.75) is 32.1 Å². The van der Waals surface area contributed by atoms with Gasteiger partial charge in [0.15, 0.2) is 8.32 Å². The van der Waals surface area contributed by atoms with Crippen LogP contribution in [-0.4, -0.2) is 37.6 Å². The maximum absolute atomic E-state index is 14.1. The summed E-state index contributed by atoms with van der Waals surface area (Å²) in [6.45, 7) is 5.11. The minimum absolute atomic E-state index is 0.239. The van der Waals surface area contributed by atoms with E-state index in [0.29, 0.717) is 30.1 Å². The predicted molar refractivity (Wildman–Crippen MR) is 116 cm³/mol. The van der Waals surface area contributed by atoms with Gasteiger partial charge >= 0.3 is 0 Å². The van der Waals surface area contributed by atoms with Crippen molar-refractivity contribution < 1.29 is 14.0 Å². The first-order valence-electron chi connectivity index (χ1n) is 9.88. The number of halogens is 1. The Hall–Kier alpha value is -2.48. The molecular weight excluding hydrogens is 385 g/mol. The van der Waals surface area contributed by atoms with E-state index in [1.165, 1.54) is 12.1 Å². The molecule has 29 heavy (non-hydrogen) atoms. The van der Waals surface area contributed by atoms with Gasteiger partial charge in [-0.25, -0.2) is 4.39 Å². The molecule has 0 bridgehead atoms. The lowest BCUT2D eigenvalue weighted by molar-refractivity contribution is 0.0957. The van der Waals surface area contributed by atoms with Gasteiger partial charge in [-0.05, 0) is 73.1 Å². The van der Waals surface area contributed by atoms with Gasteiger partial charge in [-0.1, -0.05) is 12.1 Å². The minimum atomic E-state index is -2.30. The number of rotatable bonds is 5. The Balaban J connectivity index is 1.91. The molecule has 1 amide bonds. The summed E-state index contributed by atoms with van der Waals surface area (Å²) in [5.74, 6) is -0.668. The van der Waals surface area contributed by atoms with Gasteiger partial charge in [0.25, 0.3) is 5.91 Å². The lowest BCUT2D eigenvalue weighted by atomic mass is 9.97. The van der Waals surface area contributed by atoms with E-state index < -0.39 is 14.1 Å². The van der Waals surface area contributed by atoms with E-state index in [9.17, 15) is 14.0 Å². The molecule has 5 nitrogen and oxygen atoms in total. The van der Waals surface area contributed by atoms with Crippen LogP contribution in [0, 0.1) is 5.82 Å². The Morgan fingerprint density at radius 2 is 2.00 bits per heavy atom. The number of carbonyl (C=O) groups excluding carboxylic acids is 1. The fourth-order valence-corrected chi connectivity index (χ4v) is 5.47. The van der Waals surface area contributed by atoms with Crippen LogP contribution in [0.2, 0.25) is 13.1 Å². The van der Waals surface area contributed by atoms with Crippen LogP contribution in [0.15, 0.2) is 30.3 Å². The van der Waals surface area contributed by atoms with Gasteiger partial charge in [0.2, 0.25) is 0 Å². The first-order valence-corrected chi connectivity index (χ1v) is 13.0. The first-order chi connectivity index (χ1) is 13.8. The molecule has 7 heteroatoms. The average molecular weight is 412 g/mol. The molecule has 0 saturated carbocycles. The van der Waals surface area contributed by atoms with Crippen molar-refractivity contribution >= 4 is 25.1 Å². The van der Waals surface area contributed by atoms with Gasteiger partial charge < -0.3 is 20.4 Å². The molecule has 152 valence electrons. The van der Waals surface area contributed by atoms with E-state index in [1.54, 1.807) is 0 Å². The highest BCUT2D eigenvalue weighted by Crippen LogP contribution is 2.35. The van der Waals surface area contributed by atoms with E-state index in [4.69, 9.17) is 0 Å². The highest BCUT2D eigenvalue weighted by molar-refractivity contribution is 6.69. The van der Waals surface area contributed by atoms with E-state index in [1.807, 2.05) is 20.1 Å². The van der Waals surface area contributed by atoms with Crippen molar-refractivity contribution in [3.63, 3.8) is 0 Å². The quantitative estimate of drug-likeness (QED) is 0.487. The van der Waals surface area contributed by atoms with Crippen molar-refractivity contribution in [3.05, 3.63) is 58.4 Å². The molecule has 0 fully saturated rings. The molecular formula is C22H26FN3O2Si. The van der Waals surface area contributed by atoms with Crippen LogP contribution in [0.5, 0.6) is 0 Å². The summed E-state index contributed by atoms with van der Waals surface area (Å²) in [6, 6.07) is 9.68. The second-order valence-electron chi connectivity index (χ2n) is 8.36. The van der Waals surface area contributed by atoms with Crippen molar-refractivity contribution in [2.75, 3.05) is 13.6 Å². The lowest BCUT2D eigenvalue weighted by Crippen LogP contribution is -2.29. The molecule has 0 saturated heterocycles. The summed E-state index contributed by atoms with van der Waals surface area (Å²) in [4.78, 5) is 26.3. The maximum atomic E-state index is 14.1. The summed E-state index contributed by atoms with van der Waals surface area (Å²) >= 11 is 0. The van der Waals surface area contributed by atoms with Crippen LogP contribution < -0.4 is 10.6 Å². The second kappa shape index (κ2) is 7.40. The molecule has 3 aromatic rings. The fourth-order valence-electron chi connectivity index (χ4n) is 4.21. The fraction of sp³-hybridized carbons (Fsp3) is 0.318. The molecule has 4 rings (SSSR count). The van der Waals surface area contributed by atoms with Gasteiger partial charge in [-0.2, -0.15) is 0 Å². The number of hydrogen-bond acceptors (Lipinski definition) is 3. The molecule has 0 aliphatic carbocycles. The van der Waals surface area contributed by atoms with Gasteiger partial charge in [0.1, 0.15) is 5.82 Å². The Morgan fingerprint density at radius 1 is 1.21 bits per heavy atom. The topological polar surface area (TPSA) is 77.2 Å². The third kappa shape index (κ3) is 3.85. The summed E-state index contributed by atoms with van der Waals surface area (Å²) < 4.78 is 14.1. The Labute approximate surface area is 170 Å². The standard InChI is InChI=1S/C22H26FN3O2Si/c1-24-11-14-5-4-13(8-15(14)12-29(2,3)28)21-17-6-7-25-22(27)18-9-16(23)10-19(26-21)20(17)18/h4-5,8-10,24,26,28H,6-7,11-12H2,1-3H3,(H,25,27). The molecule has 2 aromatic carbocycles. The molecule has 0 spiro atoms. The van der Waals surface area contributed by atoms with Gasteiger partial charge in [0.05, 0.1) is 5.56 Å². The summed E-state index contributed by atoms with van der Waals surface area (Å²) in [5, 5.41) is 6.84. The second-order valence-corrected chi connectivity index (χ2v) is 12.3. The smallest absolute Gasteiger partial charge is 0.252 e.